The fraction of sp³-hybridized carbons (Fsp3) is 0.588. The number of carbonyl (C=O) groups is 2. The molecular formula is C34H40O5Se2. The molecule has 1 aliphatic heterocycles. The molecule has 2 aromatic carbocycles. The molecule has 1 saturated heterocycles. The van der Waals surface area contributed by atoms with Gasteiger partial charge in [0.25, 0.3) is 0 Å². The Bertz CT molecular complexity index is 1410. The molecule has 41 heavy (non-hydrogen) atoms. The van der Waals surface area contributed by atoms with Crippen LogP contribution in [0.2, 0.25) is 9.63 Å². The molecule has 7 heteroatoms. The van der Waals surface area contributed by atoms with Gasteiger partial charge in [0, 0.05) is 0 Å². The van der Waals surface area contributed by atoms with Gasteiger partial charge in [0.05, 0.1) is 0 Å². The minimum absolute atomic E-state index is 0.00799. The molecule has 5 aliphatic rings. The predicted molar refractivity (Wildman–Crippen MR) is 158 cm³/mol. The SMILES string of the molecule is C[C@]12CC([Se](=O)c3ccccc3)C(=O)C[C@@H]1CC[C@@H]1[C@@H]2CC[C@@]2(C)[C@H]1CC[C@@]21CC([Se](=O)c2ccccc2)C(=O)O1. The normalized spacial score (nSPS) is 43.1. The number of esters is 1. The van der Waals surface area contributed by atoms with E-state index in [9.17, 15) is 17.3 Å². The van der Waals surface area contributed by atoms with E-state index in [0.29, 0.717) is 36.5 Å². The van der Waals surface area contributed by atoms with Crippen LogP contribution >= 0.6 is 0 Å². The van der Waals surface area contributed by atoms with E-state index in [1.54, 1.807) is 0 Å². The number of carbonyl (C=O) groups excluding carboxylic acids is 2. The third kappa shape index (κ3) is 4.20. The molecule has 4 aliphatic carbocycles. The average Bonchev–Trinajstić information content (AvgIpc) is 3.48. The second-order valence-corrected chi connectivity index (χ2v) is 20.7. The van der Waals surface area contributed by atoms with Gasteiger partial charge in [-0.3, -0.25) is 0 Å². The molecule has 4 unspecified atom stereocenters. The molecule has 4 saturated carbocycles. The summed E-state index contributed by atoms with van der Waals surface area (Å²) >= 11 is -5.05. The van der Waals surface area contributed by atoms with Crippen molar-refractivity contribution in [3.05, 3.63) is 60.7 Å². The predicted octanol–water partition coefficient (Wildman–Crippen LogP) is 5.29. The Labute approximate surface area is 251 Å². The first-order valence-electron chi connectivity index (χ1n) is 15.3. The summed E-state index contributed by atoms with van der Waals surface area (Å²) in [4.78, 5) is 25.8. The minimum atomic E-state index is -2.56. The van der Waals surface area contributed by atoms with Crippen molar-refractivity contribution >= 4 is 48.3 Å². The van der Waals surface area contributed by atoms with Gasteiger partial charge in [0.1, 0.15) is 0 Å². The van der Waals surface area contributed by atoms with Crippen molar-refractivity contribution in [2.45, 2.75) is 86.9 Å². The molecule has 5 fully saturated rings. The number of rotatable bonds is 4. The Balaban J connectivity index is 1.14. The van der Waals surface area contributed by atoms with Gasteiger partial charge in [-0.1, -0.05) is 0 Å². The molecule has 0 N–H and O–H groups in total. The van der Waals surface area contributed by atoms with E-state index in [0.717, 1.165) is 53.9 Å². The summed E-state index contributed by atoms with van der Waals surface area (Å²) in [5.41, 5.74) is -0.630. The molecule has 5 nitrogen and oxygen atoms in total. The number of fused-ring (bicyclic) bond motifs is 6. The van der Waals surface area contributed by atoms with Gasteiger partial charge in [0.15, 0.2) is 0 Å². The van der Waals surface area contributed by atoms with Gasteiger partial charge in [0.2, 0.25) is 0 Å². The summed E-state index contributed by atoms with van der Waals surface area (Å²) in [7, 11) is 0. The topological polar surface area (TPSA) is 77.5 Å². The zero-order chi connectivity index (χ0) is 28.6. The quantitative estimate of drug-likeness (QED) is 0.323. The Morgan fingerprint density at radius 3 is 2.00 bits per heavy atom. The first kappa shape index (κ1) is 28.0. The van der Waals surface area contributed by atoms with E-state index < -0.39 is 38.1 Å². The second kappa shape index (κ2) is 10.2. The monoisotopic (exact) mass is 688 g/mol. The summed E-state index contributed by atoms with van der Waals surface area (Å²) in [6, 6.07) is 19.1. The van der Waals surface area contributed by atoms with Crippen LogP contribution in [0.3, 0.4) is 0 Å². The number of ketones is 1. The zero-order valence-corrected chi connectivity index (χ0v) is 27.4. The summed E-state index contributed by atoms with van der Waals surface area (Å²) in [5, 5.41) is 0. The van der Waals surface area contributed by atoms with E-state index in [2.05, 4.69) is 13.8 Å². The molecule has 0 amide bonds. The van der Waals surface area contributed by atoms with Gasteiger partial charge in [-0.2, -0.15) is 0 Å². The Morgan fingerprint density at radius 2 is 1.34 bits per heavy atom. The van der Waals surface area contributed by atoms with Crippen LogP contribution in [-0.4, -0.2) is 45.0 Å². The molecular weight excluding hydrogens is 646 g/mol. The van der Waals surface area contributed by atoms with Crippen molar-refractivity contribution in [2.75, 3.05) is 0 Å². The van der Waals surface area contributed by atoms with Crippen LogP contribution < -0.4 is 8.92 Å². The summed E-state index contributed by atoms with van der Waals surface area (Å²) in [5.74, 6) is 1.81. The van der Waals surface area contributed by atoms with E-state index in [-0.39, 0.29) is 27.4 Å². The zero-order valence-electron chi connectivity index (χ0n) is 24.0. The van der Waals surface area contributed by atoms with Crippen molar-refractivity contribution in [3.63, 3.8) is 0 Å². The van der Waals surface area contributed by atoms with E-state index in [1.807, 2.05) is 60.7 Å². The summed E-state index contributed by atoms with van der Waals surface area (Å²) in [6.45, 7) is 4.76. The van der Waals surface area contributed by atoms with Crippen LogP contribution in [0.4, 0.5) is 0 Å². The van der Waals surface area contributed by atoms with Gasteiger partial charge in [-0.05, 0) is 0 Å². The van der Waals surface area contributed by atoms with Crippen molar-refractivity contribution in [3.8, 4) is 0 Å². The standard InChI is InChI=1S/C34H40O5Se2/c1-32-20-29(40(37)23-9-5-3-6-10-23)28(35)19-22(32)13-14-25-26(32)15-17-33(2)27(25)16-18-34(33)21-30(31(36)39-34)41(38)24-11-7-4-8-12-24/h3-12,22,25-27,29-30H,13-21H2,1-2H3/t22-,25+,26-,27-,29?,30?,32-,33-,34+,40?,41?/m0/s1. The van der Waals surface area contributed by atoms with E-state index >= 15 is 0 Å². The third-order valence-corrected chi connectivity index (χ3v) is 19.2. The van der Waals surface area contributed by atoms with E-state index in [4.69, 9.17) is 4.74 Å². The third-order valence-electron chi connectivity index (χ3n) is 12.3. The maximum atomic E-state index is 13.7. The average molecular weight is 687 g/mol. The van der Waals surface area contributed by atoms with Crippen molar-refractivity contribution in [1.82, 2.24) is 0 Å². The van der Waals surface area contributed by atoms with Gasteiger partial charge >= 0.3 is 252 Å². The molecule has 0 radical (unpaired) electrons. The number of benzene rings is 2. The molecule has 0 aromatic heterocycles. The second-order valence-electron chi connectivity index (χ2n) is 13.8. The molecule has 1 spiro atoms. The van der Waals surface area contributed by atoms with Gasteiger partial charge < -0.3 is 0 Å². The first-order chi connectivity index (χ1) is 19.7. The molecule has 11 atom stereocenters. The van der Waals surface area contributed by atoms with Gasteiger partial charge in [-0.25, -0.2) is 0 Å². The Kier molecular flexibility index (Phi) is 6.94. The number of ether oxygens (including phenoxy) is 1. The van der Waals surface area contributed by atoms with Crippen molar-refractivity contribution in [1.29, 1.82) is 0 Å². The fourth-order valence-electron chi connectivity index (χ4n) is 10.1. The summed E-state index contributed by atoms with van der Waals surface area (Å²) < 4.78 is 35.3. The van der Waals surface area contributed by atoms with Crippen LogP contribution in [0.5, 0.6) is 0 Å². The van der Waals surface area contributed by atoms with E-state index in [1.165, 1.54) is 0 Å². The van der Waals surface area contributed by atoms with Crippen LogP contribution in [0.15, 0.2) is 60.7 Å². The fourth-order valence-corrected chi connectivity index (χ4v) is 16.4. The molecule has 218 valence electrons. The van der Waals surface area contributed by atoms with Crippen molar-refractivity contribution in [2.24, 2.45) is 34.5 Å². The molecule has 7 rings (SSSR count). The van der Waals surface area contributed by atoms with Crippen molar-refractivity contribution < 1.29 is 22.0 Å². The Morgan fingerprint density at radius 1 is 0.732 bits per heavy atom. The van der Waals surface area contributed by atoms with Crippen LogP contribution in [0, 0.1) is 34.5 Å². The number of hydrogen-bond donors (Lipinski definition) is 0. The van der Waals surface area contributed by atoms with Crippen LogP contribution in [-0.2, 0) is 22.0 Å². The Hall–Kier alpha value is -1.78. The molecule has 0 bridgehead atoms. The molecule has 2 aromatic rings. The van der Waals surface area contributed by atoms with Gasteiger partial charge in [-0.15, -0.1) is 0 Å². The first-order valence-corrected chi connectivity index (χ1v) is 20.4. The summed E-state index contributed by atoms with van der Waals surface area (Å²) in [6.07, 6.45) is 8.01. The van der Waals surface area contributed by atoms with Crippen LogP contribution in [0.1, 0.15) is 71.6 Å². The van der Waals surface area contributed by atoms with Crippen LogP contribution in [0.25, 0.3) is 0 Å². The number of Topliss-reactive ketones (excluding diaryl/α,β-unsaturated/α-hetero) is 1. The number of hydrogen-bond acceptors (Lipinski definition) is 5. The molecule has 1 heterocycles. The maximum absolute atomic E-state index is 13.7.